The maximum atomic E-state index is 8.52. The molecule has 4 heteroatoms. The Bertz CT molecular complexity index is 3560. The van der Waals surface area contributed by atoms with Crippen molar-refractivity contribution in [1.29, 1.82) is 0 Å². The molecule has 0 bridgehead atoms. The van der Waals surface area contributed by atoms with Gasteiger partial charge >= 0.3 is 0 Å². The average Bonchev–Trinajstić information content (AvgIpc) is 4.01. The minimum atomic E-state index is 0.478. The molecule has 0 aliphatic rings. The number of aromatic nitrogens is 2. The first-order valence-corrected chi connectivity index (χ1v) is 19.8. The van der Waals surface area contributed by atoms with E-state index >= 15 is 0 Å². The van der Waals surface area contributed by atoms with Crippen LogP contribution in [0, 0.1) is 0 Å². The highest BCUT2D eigenvalue weighted by atomic mass is 15.2. The lowest BCUT2D eigenvalue weighted by Crippen LogP contribution is -2.10. The maximum absolute atomic E-state index is 8.52. The molecule has 4 heterocycles. The number of benzene rings is 9. The summed E-state index contributed by atoms with van der Waals surface area (Å²) in [7, 11) is 0. The zero-order valence-electron chi connectivity index (χ0n) is 33.3. The molecule has 0 fully saturated rings. The van der Waals surface area contributed by atoms with E-state index in [1.165, 1.54) is 65.2 Å². The molecule has 0 aliphatic heterocycles. The van der Waals surface area contributed by atoms with Crippen LogP contribution in [0.25, 0.3) is 76.2 Å². The molecule has 13 aromatic rings. The molecule has 58 heavy (non-hydrogen) atoms. The Hall–Kier alpha value is -7.82. The van der Waals surface area contributed by atoms with Gasteiger partial charge in [-0.3, -0.25) is 0 Å². The van der Waals surface area contributed by atoms with E-state index in [0.717, 1.165) is 45.2 Å². The van der Waals surface area contributed by atoms with E-state index in [1.54, 1.807) is 0 Å². The van der Waals surface area contributed by atoms with Crippen molar-refractivity contribution in [3.05, 3.63) is 206 Å². The molecule has 4 aromatic heterocycles. The minimum absolute atomic E-state index is 0.478. The Labute approximate surface area is 336 Å². The van der Waals surface area contributed by atoms with E-state index in [1.807, 2.05) is 48.5 Å². The zero-order valence-corrected chi connectivity index (χ0v) is 31.3. The average molecular weight is 741 g/mol. The highest BCUT2D eigenvalue weighted by Crippen LogP contribution is 2.49. The van der Waals surface area contributed by atoms with Crippen molar-refractivity contribution in [3.8, 4) is 0 Å². The molecular weight excluding hydrogens is 705 g/mol. The van der Waals surface area contributed by atoms with Gasteiger partial charge in [-0.25, -0.2) is 0 Å². The Morgan fingerprint density at radius 3 is 1.12 bits per heavy atom. The van der Waals surface area contributed by atoms with Crippen LogP contribution in [-0.4, -0.2) is 8.80 Å². The number of hydrogen-bond acceptors (Lipinski definition) is 2. The Kier molecular flexibility index (Phi) is 6.02. The fourth-order valence-electron chi connectivity index (χ4n) is 9.93. The maximum Gasteiger partial charge on any atom is 0.0623 e. The first kappa shape index (κ1) is 29.5. The van der Waals surface area contributed by atoms with Crippen LogP contribution in [-0.2, 0) is 0 Å². The second-order valence-electron chi connectivity index (χ2n) is 15.2. The number of hydrogen-bond donors (Lipinski definition) is 0. The minimum Gasteiger partial charge on any atom is -0.310 e. The van der Waals surface area contributed by atoms with Crippen molar-refractivity contribution in [2.24, 2.45) is 0 Å². The molecule has 9 aromatic carbocycles. The van der Waals surface area contributed by atoms with E-state index in [4.69, 9.17) is 2.74 Å². The third-order valence-electron chi connectivity index (χ3n) is 12.2. The number of rotatable bonds is 6. The smallest absolute Gasteiger partial charge is 0.0623 e. The third kappa shape index (κ3) is 4.18. The van der Waals surface area contributed by atoms with Crippen LogP contribution >= 0.6 is 0 Å². The van der Waals surface area contributed by atoms with E-state index in [2.05, 4.69) is 164 Å². The van der Waals surface area contributed by atoms with Crippen molar-refractivity contribution in [1.82, 2.24) is 8.80 Å². The summed E-state index contributed by atoms with van der Waals surface area (Å²) in [6.07, 6.45) is 0. The fraction of sp³-hybridized carbons (Fsp3) is 0. The molecular formula is C54H34N4. The fourth-order valence-corrected chi connectivity index (χ4v) is 9.93. The van der Waals surface area contributed by atoms with Crippen LogP contribution in [0.1, 0.15) is 2.74 Å². The molecule has 0 radical (unpaired) electrons. The number of nitrogens with zero attached hydrogens (tertiary/aromatic N) is 4. The Balaban J connectivity index is 1.10. The molecule has 0 unspecified atom stereocenters. The summed E-state index contributed by atoms with van der Waals surface area (Å²) < 4.78 is 22.0. The standard InChI is InChI=1S/C54H34N4/c1-5-17-35(18-6-1)55(36-19-7-2-8-20-36)45-29-15-31-47-51(45)41-27-13-25-39-43-34-50-44(33-49(43)57(47)53(39)41)40-26-14-28-42-52-46(30-16-32-48(52)58(50)54(40)42)56(37-21-9-3-10-22-37)38-23-11-4-12-24-38/h1-34H/i5D,9D. The van der Waals surface area contributed by atoms with Crippen LogP contribution < -0.4 is 9.80 Å². The Morgan fingerprint density at radius 2 is 0.690 bits per heavy atom. The molecule has 13 rings (SSSR count). The summed E-state index contributed by atoms with van der Waals surface area (Å²) in [5, 5.41) is 9.67. The van der Waals surface area contributed by atoms with Crippen molar-refractivity contribution in [3.63, 3.8) is 0 Å². The van der Waals surface area contributed by atoms with Gasteiger partial charge in [-0.2, -0.15) is 0 Å². The lowest BCUT2D eigenvalue weighted by molar-refractivity contribution is 1.29. The SMILES string of the molecule is [2H]c1cccc(N(c2ccccc2)c2cccc3c2c2cccc4c5cc6c(cc5n3c42)c2cccc3c4c(N(c5ccccc5)c5cccc([2H])c5)cccc4n6c23)c1. The third-order valence-corrected chi connectivity index (χ3v) is 12.2. The largest absolute Gasteiger partial charge is 0.310 e. The van der Waals surface area contributed by atoms with Crippen molar-refractivity contribution in [2.75, 3.05) is 9.80 Å². The highest BCUT2D eigenvalue weighted by molar-refractivity contribution is 6.31. The van der Waals surface area contributed by atoms with E-state index in [-0.39, 0.29) is 0 Å². The molecule has 4 nitrogen and oxygen atoms in total. The second kappa shape index (κ2) is 11.8. The molecule has 0 atom stereocenters. The summed E-state index contributed by atoms with van der Waals surface area (Å²) in [5.74, 6) is 0. The number of fused-ring (bicyclic) bond motifs is 12. The van der Waals surface area contributed by atoms with Gasteiger partial charge in [-0.1, -0.05) is 121 Å². The second-order valence-corrected chi connectivity index (χ2v) is 15.2. The lowest BCUT2D eigenvalue weighted by atomic mass is 10.0. The van der Waals surface area contributed by atoms with Crippen LogP contribution in [0.3, 0.4) is 0 Å². The summed E-state index contributed by atoms with van der Waals surface area (Å²) in [5.41, 5.74) is 13.3. The molecule has 0 spiro atoms. The van der Waals surface area contributed by atoms with Crippen LogP contribution in [0.15, 0.2) is 206 Å². The topological polar surface area (TPSA) is 15.3 Å². The lowest BCUT2D eigenvalue weighted by Gasteiger charge is -2.26. The normalized spacial score (nSPS) is 12.6. The summed E-state index contributed by atoms with van der Waals surface area (Å²) in [6, 6.07) is 69.1. The first-order chi connectivity index (χ1) is 29.6. The van der Waals surface area contributed by atoms with Gasteiger partial charge in [-0.05, 0) is 84.9 Å². The zero-order chi connectivity index (χ0) is 39.6. The van der Waals surface area contributed by atoms with Crippen LogP contribution in [0.2, 0.25) is 0 Å². The van der Waals surface area contributed by atoms with Gasteiger partial charge < -0.3 is 18.6 Å². The molecule has 0 N–H and O–H groups in total. The molecule has 0 saturated heterocycles. The van der Waals surface area contributed by atoms with Gasteiger partial charge in [0.2, 0.25) is 0 Å². The van der Waals surface area contributed by atoms with Crippen molar-refractivity contribution < 1.29 is 2.74 Å². The first-order valence-electron chi connectivity index (χ1n) is 20.8. The van der Waals surface area contributed by atoms with Gasteiger partial charge in [0.1, 0.15) is 0 Å². The van der Waals surface area contributed by atoms with Gasteiger partial charge in [0.15, 0.2) is 0 Å². The quantitative estimate of drug-likeness (QED) is 0.169. The predicted octanol–water partition coefficient (Wildman–Crippen LogP) is 14.9. The van der Waals surface area contributed by atoms with Gasteiger partial charge in [0, 0.05) is 65.8 Å². The highest BCUT2D eigenvalue weighted by Gasteiger charge is 2.26. The van der Waals surface area contributed by atoms with Gasteiger partial charge in [0.25, 0.3) is 0 Å². The monoisotopic (exact) mass is 740 g/mol. The van der Waals surface area contributed by atoms with Crippen LogP contribution in [0.5, 0.6) is 0 Å². The van der Waals surface area contributed by atoms with Crippen molar-refractivity contribution in [2.45, 2.75) is 0 Å². The number of anilines is 6. The van der Waals surface area contributed by atoms with E-state index in [9.17, 15) is 0 Å². The van der Waals surface area contributed by atoms with Crippen molar-refractivity contribution >= 4 is 110 Å². The number of para-hydroxylation sites is 6. The van der Waals surface area contributed by atoms with Gasteiger partial charge in [-0.15, -0.1) is 0 Å². The summed E-state index contributed by atoms with van der Waals surface area (Å²) in [4.78, 5) is 4.58. The molecule has 0 saturated carbocycles. The molecule has 0 amide bonds. The molecule has 0 aliphatic carbocycles. The summed E-state index contributed by atoms with van der Waals surface area (Å²) in [6.45, 7) is 0. The molecule has 270 valence electrons. The van der Waals surface area contributed by atoms with Crippen LogP contribution in [0.4, 0.5) is 34.1 Å². The predicted molar refractivity (Wildman–Crippen MR) is 245 cm³/mol. The van der Waals surface area contributed by atoms with Gasteiger partial charge in [0.05, 0.1) is 47.2 Å². The van der Waals surface area contributed by atoms with E-state index < -0.39 is 0 Å². The Morgan fingerprint density at radius 1 is 0.310 bits per heavy atom. The summed E-state index contributed by atoms with van der Waals surface area (Å²) >= 11 is 0. The van der Waals surface area contributed by atoms with E-state index in [0.29, 0.717) is 12.1 Å².